The molecule has 188 valence electrons. The first kappa shape index (κ1) is 27.2. The topological polar surface area (TPSA) is 94.2 Å². The largest absolute Gasteiger partial charge is 0.466 e. The molecule has 8 nitrogen and oxygen atoms in total. The summed E-state index contributed by atoms with van der Waals surface area (Å²) in [5.41, 5.74) is -1.60. The third-order valence-corrected chi connectivity index (χ3v) is 5.61. The summed E-state index contributed by atoms with van der Waals surface area (Å²) in [6, 6.07) is 3.91. The second-order valence-electron chi connectivity index (χ2n) is 7.83. The van der Waals surface area contributed by atoms with E-state index < -0.39 is 47.5 Å². The lowest BCUT2D eigenvalue weighted by Crippen LogP contribution is -2.62. The number of nitrogens with zero attached hydrogens (tertiary/aromatic N) is 1. The van der Waals surface area contributed by atoms with Crippen LogP contribution in [0.15, 0.2) is 36.4 Å². The number of alkyl halides is 3. The first-order valence-corrected chi connectivity index (χ1v) is 10.7. The van der Waals surface area contributed by atoms with Crippen LogP contribution in [0.4, 0.5) is 18.9 Å². The second kappa shape index (κ2) is 10.9. The minimum atomic E-state index is -4.86. The Morgan fingerprint density at radius 1 is 1.06 bits per heavy atom. The van der Waals surface area contributed by atoms with Gasteiger partial charge in [0.1, 0.15) is 6.04 Å². The Morgan fingerprint density at radius 3 is 2.00 bits per heavy atom. The summed E-state index contributed by atoms with van der Waals surface area (Å²) < 4.78 is 57.5. The van der Waals surface area contributed by atoms with Crippen LogP contribution >= 0.6 is 0 Å². The Labute approximate surface area is 196 Å². The van der Waals surface area contributed by atoms with Gasteiger partial charge in [-0.3, -0.25) is 5.32 Å². The van der Waals surface area contributed by atoms with Gasteiger partial charge in [-0.05, 0) is 31.5 Å². The van der Waals surface area contributed by atoms with Crippen molar-refractivity contribution in [3.63, 3.8) is 0 Å². The van der Waals surface area contributed by atoms with Crippen molar-refractivity contribution in [1.82, 2.24) is 5.32 Å². The van der Waals surface area contributed by atoms with Gasteiger partial charge in [-0.2, -0.15) is 13.2 Å². The van der Waals surface area contributed by atoms with Crippen LogP contribution in [0, 0.1) is 5.92 Å². The first-order chi connectivity index (χ1) is 15.9. The molecular formula is C23H29F3N2O6. The summed E-state index contributed by atoms with van der Waals surface area (Å²) in [5, 5.41) is 2.20. The molecule has 1 aliphatic rings. The van der Waals surface area contributed by atoms with Crippen LogP contribution in [-0.2, 0) is 28.6 Å². The van der Waals surface area contributed by atoms with Crippen LogP contribution in [0.25, 0.3) is 0 Å². The molecule has 11 heteroatoms. The van der Waals surface area contributed by atoms with E-state index in [0.29, 0.717) is 0 Å². The zero-order valence-electron chi connectivity index (χ0n) is 19.6. The van der Waals surface area contributed by atoms with Gasteiger partial charge in [0, 0.05) is 37.7 Å². The van der Waals surface area contributed by atoms with Gasteiger partial charge < -0.3 is 19.1 Å². The van der Waals surface area contributed by atoms with Crippen LogP contribution in [0.3, 0.4) is 0 Å². The van der Waals surface area contributed by atoms with Gasteiger partial charge in [0.15, 0.2) is 0 Å². The maximum absolute atomic E-state index is 14.3. The molecule has 1 N–H and O–H groups in total. The van der Waals surface area contributed by atoms with Crippen molar-refractivity contribution in [2.24, 2.45) is 5.92 Å². The molecule has 1 heterocycles. The highest BCUT2D eigenvalue weighted by atomic mass is 19.4. The number of methoxy groups -OCH3 is 1. The number of nitrogens with one attached hydrogen (secondary N) is 1. The standard InChI is InChI=1S/C23H29F3N2O6/c1-6-33-20(30)22(21(31)34-7-2)16(12-13-17(29)32-5)18(19(27-22)23(24,25)26)14-8-10-15(11-9-14)28(3)4/h8-13,16,18-19,27H,6-7H2,1-5H3/b13-12+/t16-,18-,19-/m1/s1. The van der Waals surface area contributed by atoms with Gasteiger partial charge in [0.05, 0.1) is 20.3 Å². The Balaban J connectivity index is 2.80. The maximum Gasteiger partial charge on any atom is 0.404 e. The summed E-state index contributed by atoms with van der Waals surface area (Å²) in [6.07, 6.45) is -2.90. The smallest absolute Gasteiger partial charge is 0.404 e. The average Bonchev–Trinajstić information content (AvgIpc) is 3.14. The first-order valence-electron chi connectivity index (χ1n) is 10.7. The monoisotopic (exact) mass is 486 g/mol. The molecule has 0 spiro atoms. The molecule has 0 saturated carbocycles. The second-order valence-corrected chi connectivity index (χ2v) is 7.83. The minimum absolute atomic E-state index is 0.187. The fourth-order valence-corrected chi connectivity index (χ4v) is 4.07. The SMILES string of the molecule is CCOC(=O)C1(C(=O)OCC)N[C@@H](C(F)(F)F)[C@H](c2ccc(N(C)C)cc2)[C@H]1/C=C/C(=O)OC. The number of carbonyl (C=O) groups excluding carboxylic acids is 3. The van der Waals surface area contributed by atoms with E-state index in [1.165, 1.54) is 26.0 Å². The Hall–Kier alpha value is -3.08. The molecule has 3 atom stereocenters. The third-order valence-electron chi connectivity index (χ3n) is 5.61. The third kappa shape index (κ3) is 5.35. The lowest BCUT2D eigenvalue weighted by atomic mass is 9.75. The fourth-order valence-electron chi connectivity index (χ4n) is 4.07. The minimum Gasteiger partial charge on any atom is -0.466 e. The predicted molar refractivity (Wildman–Crippen MR) is 117 cm³/mol. The molecule has 1 aromatic carbocycles. The summed E-state index contributed by atoms with van der Waals surface area (Å²) in [6.45, 7) is 2.55. The lowest BCUT2D eigenvalue weighted by Gasteiger charge is -2.30. The number of hydrogen-bond acceptors (Lipinski definition) is 8. The van der Waals surface area contributed by atoms with Gasteiger partial charge >= 0.3 is 24.1 Å². The van der Waals surface area contributed by atoms with E-state index in [0.717, 1.165) is 24.9 Å². The van der Waals surface area contributed by atoms with Crippen molar-refractivity contribution < 1.29 is 41.8 Å². The number of esters is 3. The number of rotatable bonds is 8. The molecule has 0 bridgehead atoms. The van der Waals surface area contributed by atoms with Crippen LogP contribution < -0.4 is 10.2 Å². The van der Waals surface area contributed by atoms with Crippen molar-refractivity contribution in [1.29, 1.82) is 0 Å². The number of hydrogen-bond donors (Lipinski definition) is 1. The highest BCUT2D eigenvalue weighted by Gasteiger charge is 2.68. The molecule has 1 aromatic rings. The fraction of sp³-hybridized carbons (Fsp3) is 0.522. The quantitative estimate of drug-likeness (QED) is 0.259. The molecule has 1 saturated heterocycles. The zero-order valence-corrected chi connectivity index (χ0v) is 19.6. The van der Waals surface area contributed by atoms with Gasteiger partial charge in [-0.1, -0.05) is 18.2 Å². The molecule has 0 unspecified atom stereocenters. The van der Waals surface area contributed by atoms with E-state index in [9.17, 15) is 27.6 Å². The molecule has 0 aliphatic carbocycles. The van der Waals surface area contributed by atoms with Crippen molar-refractivity contribution in [3.8, 4) is 0 Å². The van der Waals surface area contributed by atoms with Crippen LogP contribution in [-0.4, -0.2) is 70.1 Å². The van der Waals surface area contributed by atoms with Crippen LogP contribution in [0.5, 0.6) is 0 Å². The number of carbonyl (C=O) groups is 3. The van der Waals surface area contributed by atoms with Gasteiger partial charge in [0.25, 0.3) is 0 Å². The molecule has 0 amide bonds. The highest BCUT2D eigenvalue weighted by Crippen LogP contribution is 2.49. The lowest BCUT2D eigenvalue weighted by molar-refractivity contribution is -0.171. The molecule has 34 heavy (non-hydrogen) atoms. The summed E-state index contributed by atoms with van der Waals surface area (Å²) in [7, 11) is 4.65. The molecule has 1 fully saturated rings. The molecule has 2 rings (SSSR count). The number of halogens is 3. The molecule has 1 aliphatic heterocycles. The van der Waals surface area contributed by atoms with Gasteiger partial charge in [0.2, 0.25) is 5.54 Å². The Morgan fingerprint density at radius 2 is 1.59 bits per heavy atom. The molecule has 0 radical (unpaired) electrons. The van der Waals surface area contributed by atoms with E-state index in [1.54, 1.807) is 31.1 Å². The van der Waals surface area contributed by atoms with E-state index in [-0.39, 0.29) is 18.8 Å². The Kier molecular flexibility index (Phi) is 8.71. The molecular weight excluding hydrogens is 457 g/mol. The van der Waals surface area contributed by atoms with Gasteiger partial charge in [-0.25, -0.2) is 14.4 Å². The predicted octanol–water partition coefficient (Wildman–Crippen LogP) is 2.58. The summed E-state index contributed by atoms with van der Waals surface area (Å²) in [4.78, 5) is 39.8. The molecule has 0 aromatic heterocycles. The van der Waals surface area contributed by atoms with Crippen LogP contribution in [0.2, 0.25) is 0 Å². The van der Waals surface area contributed by atoms with E-state index in [4.69, 9.17) is 9.47 Å². The van der Waals surface area contributed by atoms with E-state index >= 15 is 0 Å². The van der Waals surface area contributed by atoms with Crippen molar-refractivity contribution in [3.05, 3.63) is 42.0 Å². The Bertz CT molecular complexity index is 896. The summed E-state index contributed by atoms with van der Waals surface area (Å²) >= 11 is 0. The summed E-state index contributed by atoms with van der Waals surface area (Å²) in [5.74, 6) is -6.27. The van der Waals surface area contributed by atoms with Crippen molar-refractivity contribution in [2.45, 2.75) is 37.5 Å². The number of ether oxygens (including phenoxy) is 3. The zero-order chi connectivity index (χ0) is 25.7. The number of anilines is 1. The van der Waals surface area contributed by atoms with Crippen molar-refractivity contribution >= 4 is 23.6 Å². The normalized spacial score (nSPS) is 21.8. The number of benzene rings is 1. The van der Waals surface area contributed by atoms with E-state index in [2.05, 4.69) is 10.1 Å². The van der Waals surface area contributed by atoms with Gasteiger partial charge in [-0.15, -0.1) is 0 Å². The highest BCUT2D eigenvalue weighted by molar-refractivity contribution is 6.06. The van der Waals surface area contributed by atoms with Crippen LogP contribution in [0.1, 0.15) is 25.3 Å². The maximum atomic E-state index is 14.3. The van der Waals surface area contributed by atoms with E-state index in [1.807, 2.05) is 0 Å². The average molecular weight is 486 g/mol. The van der Waals surface area contributed by atoms with Crippen molar-refractivity contribution in [2.75, 3.05) is 39.3 Å².